The molecule has 0 aromatic rings. The fraction of sp³-hybridized carbons (Fsp3) is 0.833. The summed E-state index contributed by atoms with van der Waals surface area (Å²) in [6, 6.07) is -0.822. The number of hydrogen-bond donors (Lipinski definition) is 2. The predicted molar refractivity (Wildman–Crippen MR) is 62.8 cm³/mol. The summed E-state index contributed by atoms with van der Waals surface area (Å²) in [6.07, 6.45) is 5.55. The zero-order valence-corrected chi connectivity index (χ0v) is 10.3. The van der Waals surface area contributed by atoms with Gasteiger partial charge in [-0.25, -0.2) is 9.59 Å². The Kier molecular flexibility index (Phi) is 5.80. The maximum absolute atomic E-state index is 11.2. The highest BCUT2D eigenvalue weighted by molar-refractivity contribution is 5.79. The number of nitrogens with one attached hydrogen (secondary N) is 1. The molecule has 0 unspecified atom stereocenters. The van der Waals surface area contributed by atoms with Crippen LogP contribution in [0, 0.1) is 5.92 Å². The first kappa shape index (κ1) is 13.8. The number of carboxylic acids is 1. The van der Waals surface area contributed by atoms with Gasteiger partial charge in [0.1, 0.15) is 6.04 Å². The van der Waals surface area contributed by atoms with E-state index in [1.807, 2.05) is 0 Å². The summed E-state index contributed by atoms with van der Waals surface area (Å²) in [5.74, 6) is -0.574. The lowest BCUT2D eigenvalue weighted by Crippen LogP contribution is -2.42. The van der Waals surface area contributed by atoms with Gasteiger partial charge in [0, 0.05) is 0 Å². The van der Waals surface area contributed by atoms with Gasteiger partial charge in [0.2, 0.25) is 0 Å². The van der Waals surface area contributed by atoms with Crippen molar-refractivity contribution in [2.45, 2.75) is 51.5 Å². The van der Waals surface area contributed by atoms with Crippen LogP contribution in [-0.2, 0) is 9.53 Å². The van der Waals surface area contributed by atoms with Crippen molar-refractivity contribution in [3.8, 4) is 0 Å². The van der Waals surface area contributed by atoms with Crippen LogP contribution in [0.15, 0.2) is 0 Å². The molecule has 0 bridgehead atoms. The minimum absolute atomic E-state index is 0.252. The maximum atomic E-state index is 11.2. The first-order valence-corrected chi connectivity index (χ1v) is 6.29. The van der Waals surface area contributed by atoms with Crippen LogP contribution in [-0.4, -0.2) is 29.8 Å². The molecule has 0 aromatic carbocycles. The minimum Gasteiger partial charge on any atom is -0.480 e. The number of rotatable bonds is 5. The average Bonchev–Trinajstić information content (AvgIpc) is 2.29. The average molecular weight is 243 g/mol. The van der Waals surface area contributed by atoms with E-state index in [4.69, 9.17) is 9.84 Å². The van der Waals surface area contributed by atoms with E-state index in [0.29, 0.717) is 12.3 Å². The molecule has 17 heavy (non-hydrogen) atoms. The van der Waals surface area contributed by atoms with Crippen molar-refractivity contribution in [3.63, 3.8) is 0 Å². The van der Waals surface area contributed by atoms with Crippen LogP contribution in [0.1, 0.15) is 45.4 Å². The van der Waals surface area contributed by atoms with Gasteiger partial charge in [-0.05, 0) is 19.3 Å². The fourth-order valence-corrected chi connectivity index (χ4v) is 2.29. The number of ether oxygens (including phenoxy) is 1. The Morgan fingerprint density at radius 2 is 2.00 bits per heavy atom. The summed E-state index contributed by atoms with van der Waals surface area (Å²) in [5, 5.41) is 11.5. The van der Waals surface area contributed by atoms with E-state index < -0.39 is 18.1 Å². The zero-order valence-electron chi connectivity index (χ0n) is 10.3. The lowest BCUT2D eigenvalue weighted by molar-refractivity contribution is -0.139. The quantitative estimate of drug-likeness (QED) is 0.775. The van der Waals surface area contributed by atoms with Crippen molar-refractivity contribution < 1.29 is 19.4 Å². The van der Waals surface area contributed by atoms with Gasteiger partial charge >= 0.3 is 12.1 Å². The molecule has 0 aromatic heterocycles. The summed E-state index contributed by atoms with van der Waals surface area (Å²) in [7, 11) is 0. The Morgan fingerprint density at radius 3 is 2.53 bits per heavy atom. The van der Waals surface area contributed by atoms with Crippen molar-refractivity contribution in [1.82, 2.24) is 5.32 Å². The Hall–Kier alpha value is -1.26. The van der Waals surface area contributed by atoms with Gasteiger partial charge in [-0.1, -0.05) is 32.1 Å². The minimum atomic E-state index is -0.983. The molecule has 0 spiro atoms. The molecule has 1 fully saturated rings. The van der Waals surface area contributed by atoms with Crippen LogP contribution < -0.4 is 5.32 Å². The van der Waals surface area contributed by atoms with Crippen molar-refractivity contribution in [2.24, 2.45) is 5.92 Å². The summed E-state index contributed by atoms with van der Waals surface area (Å²) < 4.78 is 4.70. The molecule has 1 aliphatic rings. The first-order valence-electron chi connectivity index (χ1n) is 6.29. The number of hydrogen-bond acceptors (Lipinski definition) is 3. The Labute approximate surface area is 102 Å². The van der Waals surface area contributed by atoms with E-state index in [0.717, 1.165) is 25.7 Å². The van der Waals surface area contributed by atoms with Crippen molar-refractivity contribution in [1.29, 1.82) is 0 Å². The van der Waals surface area contributed by atoms with E-state index in [1.165, 1.54) is 6.42 Å². The highest BCUT2D eigenvalue weighted by Gasteiger charge is 2.25. The molecule has 98 valence electrons. The van der Waals surface area contributed by atoms with Gasteiger partial charge in [0.25, 0.3) is 0 Å². The van der Waals surface area contributed by atoms with E-state index in [2.05, 4.69) is 5.32 Å². The smallest absolute Gasteiger partial charge is 0.407 e. The molecule has 1 atom stereocenters. The number of aliphatic carboxylic acids is 1. The molecular formula is C12H21NO4. The van der Waals surface area contributed by atoms with Crippen LogP contribution in [0.5, 0.6) is 0 Å². The molecule has 1 aliphatic carbocycles. The molecule has 0 aliphatic heterocycles. The standard InChI is InChI=1S/C12H21NO4/c1-2-17-12(16)13-10(11(14)15)8-9-6-4-3-5-7-9/h9-10H,2-8H2,1H3,(H,13,16)(H,14,15)/t10-/m0/s1. The van der Waals surface area contributed by atoms with E-state index in [9.17, 15) is 9.59 Å². The summed E-state index contributed by atoms with van der Waals surface area (Å²) >= 11 is 0. The second-order valence-electron chi connectivity index (χ2n) is 4.50. The topological polar surface area (TPSA) is 75.6 Å². The van der Waals surface area contributed by atoms with E-state index >= 15 is 0 Å². The van der Waals surface area contributed by atoms with Crippen LogP contribution >= 0.6 is 0 Å². The Bertz CT molecular complexity index is 261. The van der Waals surface area contributed by atoms with Gasteiger partial charge in [-0.15, -0.1) is 0 Å². The maximum Gasteiger partial charge on any atom is 0.407 e. The van der Waals surface area contributed by atoms with Gasteiger partial charge in [0.15, 0.2) is 0 Å². The highest BCUT2D eigenvalue weighted by Crippen LogP contribution is 2.27. The molecule has 0 heterocycles. The largest absolute Gasteiger partial charge is 0.480 e. The zero-order chi connectivity index (χ0) is 12.7. The number of carbonyl (C=O) groups excluding carboxylic acids is 1. The first-order chi connectivity index (χ1) is 8.13. The third-order valence-electron chi connectivity index (χ3n) is 3.16. The SMILES string of the molecule is CCOC(=O)N[C@@H](CC1CCCCC1)C(=O)O. The molecule has 2 N–H and O–H groups in total. The molecule has 0 radical (unpaired) electrons. The lowest BCUT2D eigenvalue weighted by atomic mass is 9.85. The Balaban J connectivity index is 2.41. The fourth-order valence-electron chi connectivity index (χ4n) is 2.29. The third kappa shape index (κ3) is 5.06. The van der Waals surface area contributed by atoms with Crippen LogP contribution in [0.25, 0.3) is 0 Å². The normalized spacial score (nSPS) is 18.4. The van der Waals surface area contributed by atoms with Crippen LogP contribution in [0.3, 0.4) is 0 Å². The molecule has 1 saturated carbocycles. The van der Waals surface area contributed by atoms with Crippen LogP contribution in [0.4, 0.5) is 4.79 Å². The number of amides is 1. The number of carbonyl (C=O) groups is 2. The molecule has 1 rings (SSSR count). The van der Waals surface area contributed by atoms with Gasteiger partial charge < -0.3 is 15.2 Å². The van der Waals surface area contributed by atoms with E-state index in [1.54, 1.807) is 6.92 Å². The highest BCUT2D eigenvalue weighted by atomic mass is 16.5. The van der Waals surface area contributed by atoms with Gasteiger partial charge in [-0.2, -0.15) is 0 Å². The van der Waals surface area contributed by atoms with Crippen molar-refractivity contribution in [2.75, 3.05) is 6.61 Å². The molecule has 0 saturated heterocycles. The summed E-state index contributed by atoms with van der Waals surface area (Å²) in [5.41, 5.74) is 0. The lowest BCUT2D eigenvalue weighted by Gasteiger charge is -2.24. The monoisotopic (exact) mass is 243 g/mol. The summed E-state index contributed by atoms with van der Waals surface area (Å²) in [4.78, 5) is 22.2. The molecule has 5 heteroatoms. The third-order valence-corrected chi connectivity index (χ3v) is 3.16. The second kappa shape index (κ2) is 7.14. The van der Waals surface area contributed by atoms with Crippen molar-refractivity contribution in [3.05, 3.63) is 0 Å². The Morgan fingerprint density at radius 1 is 1.35 bits per heavy atom. The second-order valence-corrected chi connectivity index (χ2v) is 4.50. The number of carboxylic acid groups (broad SMARTS) is 1. The van der Waals surface area contributed by atoms with E-state index in [-0.39, 0.29) is 6.61 Å². The molecular weight excluding hydrogens is 222 g/mol. The predicted octanol–water partition coefficient (Wildman–Crippen LogP) is 2.16. The summed E-state index contributed by atoms with van der Waals surface area (Å²) in [6.45, 7) is 1.94. The number of alkyl carbamates (subject to hydrolysis) is 1. The molecule has 5 nitrogen and oxygen atoms in total. The van der Waals surface area contributed by atoms with Gasteiger partial charge in [0.05, 0.1) is 6.61 Å². The van der Waals surface area contributed by atoms with Crippen molar-refractivity contribution >= 4 is 12.1 Å². The molecule has 1 amide bonds. The van der Waals surface area contributed by atoms with Crippen LogP contribution in [0.2, 0.25) is 0 Å². The van der Waals surface area contributed by atoms with Gasteiger partial charge in [-0.3, -0.25) is 0 Å².